The molecular weight excluding hydrogens is 242 g/mol. The molecule has 1 aliphatic rings. The molecule has 1 fully saturated rings. The van der Waals surface area contributed by atoms with Gasteiger partial charge in [0, 0.05) is 6.04 Å². The largest absolute Gasteiger partial charge is 0.393 e. The SMILES string of the molecule is Cc1ncc(S(=O)(=O)NC2CCC(O)CC2)[nH]1. The Hall–Kier alpha value is -0.920. The van der Waals surface area contributed by atoms with Gasteiger partial charge in [0.05, 0.1) is 12.3 Å². The molecule has 0 atom stereocenters. The van der Waals surface area contributed by atoms with Gasteiger partial charge in [0.2, 0.25) is 0 Å². The minimum atomic E-state index is -3.51. The zero-order chi connectivity index (χ0) is 12.5. The van der Waals surface area contributed by atoms with Crippen LogP contribution in [0.1, 0.15) is 31.5 Å². The van der Waals surface area contributed by atoms with Crippen molar-refractivity contribution in [2.24, 2.45) is 0 Å². The van der Waals surface area contributed by atoms with Gasteiger partial charge in [-0.15, -0.1) is 0 Å². The van der Waals surface area contributed by atoms with Gasteiger partial charge in [0.25, 0.3) is 10.0 Å². The number of imidazole rings is 1. The molecule has 1 aliphatic carbocycles. The van der Waals surface area contributed by atoms with Crippen molar-refractivity contribution in [3.05, 3.63) is 12.0 Å². The van der Waals surface area contributed by atoms with E-state index < -0.39 is 10.0 Å². The molecule has 0 bridgehead atoms. The number of aromatic nitrogens is 2. The number of nitrogens with one attached hydrogen (secondary N) is 2. The second-order valence-corrected chi connectivity index (χ2v) is 6.14. The lowest BCUT2D eigenvalue weighted by molar-refractivity contribution is 0.120. The molecule has 0 radical (unpaired) electrons. The summed E-state index contributed by atoms with van der Waals surface area (Å²) in [5.41, 5.74) is 0. The number of H-pyrrole nitrogens is 1. The average Bonchev–Trinajstić information content (AvgIpc) is 2.69. The number of aromatic amines is 1. The second-order valence-electron chi connectivity index (χ2n) is 4.46. The highest BCUT2D eigenvalue weighted by molar-refractivity contribution is 7.89. The molecular formula is C10H17N3O3S. The molecule has 0 saturated heterocycles. The molecule has 0 aliphatic heterocycles. The Kier molecular flexibility index (Phi) is 3.50. The van der Waals surface area contributed by atoms with Crippen molar-refractivity contribution in [1.82, 2.24) is 14.7 Å². The molecule has 0 spiro atoms. The van der Waals surface area contributed by atoms with Crippen LogP contribution in [0.3, 0.4) is 0 Å². The van der Waals surface area contributed by atoms with Crippen molar-refractivity contribution in [2.45, 2.75) is 49.8 Å². The van der Waals surface area contributed by atoms with Crippen LogP contribution < -0.4 is 4.72 Å². The van der Waals surface area contributed by atoms with Gasteiger partial charge in [0.15, 0.2) is 5.03 Å². The van der Waals surface area contributed by atoms with E-state index in [-0.39, 0.29) is 17.2 Å². The predicted molar refractivity (Wildman–Crippen MR) is 61.9 cm³/mol. The normalized spacial score (nSPS) is 26.0. The van der Waals surface area contributed by atoms with E-state index in [2.05, 4.69) is 14.7 Å². The van der Waals surface area contributed by atoms with Crippen LogP contribution in [0.2, 0.25) is 0 Å². The Bertz CT molecular complexity index is 475. The average molecular weight is 259 g/mol. The maximum atomic E-state index is 12.0. The van der Waals surface area contributed by atoms with Crippen molar-refractivity contribution in [2.75, 3.05) is 0 Å². The third-order valence-corrected chi connectivity index (χ3v) is 4.42. The van der Waals surface area contributed by atoms with Crippen LogP contribution in [0.5, 0.6) is 0 Å². The van der Waals surface area contributed by atoms with Gasteiger partial charge >= 0.3 is 0 Å². The summed E-state index contributed by atoms with van der Waals surface area (Å²) < 4.78 is 26.5. The lowest BCUT2D eigenvalue weighted by atomic mass is 9.94. The molecule has 1 heterocycles. The minimum Gasteiger partial charge on any atom is -0.393 e. The van der Waals surface area contributed by atoms with Crippen LogP contribution in [-0.2, 0) is 10.0 Å². The number of rotatable bonds is 3. The van der Waals surface area contributed by atoms with Gasteiger partial charge in [-0.2, -0.15) is 0 Å². The summed E-state index contributed by atoms with van der Waals surface area (Å²) in [7, 11) is -3.51. The van der Waals surface area contributed by atoms with Crippen molar-refractivity contribution in [1.29, 1.82) is 0 Å². The summed E-state index contributed by atoms with van der Waals surface area (Å²) in [6.45, 7) is 1.70. The summed E-state index contributed by atoms with van der Waals surface area (Å²) in [4.78, 5) is 6.58. The van der Waals surface area contributed by atoms with Gasteiger partial charge in [-0.05, 0) is 32.6 Å². The number of nitrogens with zero attached hydrogens (tertiary/aromatic N) is 1. The molecule has 96 valence electrons. The second kappa shape index (κ2) is 4.75. The lowest BCUT2D eigenvalue weighted by Crippen LogP contribution is -2.38. The van der Waals surface area contributed by atoms with E-state index in [9.17, 15) is 13.5 Å². The Morgan fingerprint density at radius 3 is 2.59 bits per heavy atom. The van der Waals surface area contributed by atoms with Crippen LogP contribution in [0.25, 0.3) is 0 Å². The Morgan fingerprint density at radius 1 is 1.41 bits per heavy atom. The van der Waals surface area contributed by atoms with Crippen LogP contribution >= 0.6 is 0 Å². The zero-order valence-corrected chi connectivity index (χ0v) is 10.5. The fourth-order valence-electron chi connectivity index (χ4n) is 2.01. The number of hydrogen-bond acceptors (Lipinski definition) is 4. The number of aryl methyl sites for hydroxylation is 1. The van der Waals surface area contributed by atoms with E-state index in [0.29, 0.717) is 31.5 Å². The highest BCUT2D eigenvalue weighted by Gasteiger charge is 2.25. The fourth-order valence-corrected chi connectivity index (χ4v) is 3.29. The van der Waals surface area contributed by atoms with Crippen LogP contribution in [0, 0.1) is 6.92 Å². The van der Waals surface area contributed by atoms with E-state index in [1.165, 1.54) is 6.20 Å². The first kappa shape index (κ1) is 12.5. The first-order chi connectivity index (χ1) is 7.97. The van der Waals surface area contributed by atoms with Crippen molar-refractivity contribution in [3.8, 4) is 0 Å². The van der Waals surface area contributed by atoms with Crippen LogP contribution in [-0.4, -0.2) is 35.6 Å². The third-order valence-electron chi connectivity index (χ3n) is 2.99. The van der Waals surface area contributed by atoms with Gasteiger partial charge in [-0.3, -0.25) is 0 Å². The highest BCUT2D eigenvalue weighted by atomic mass is 32.2. The van der Waals surface area contributed by atoms with Crippen molar-refractivity contribution < 1.29 is 13.5 Å². The number of aliphatic hydroxyl groups is 1. The Balaban J connectivity index is 2.03. The minimum absolute atomic E-state index is 0.0907. The summed E-state index contributed by atoms with van der Waals surface area (Å²) in [5, 5.41) is 9.45. The summed E-state index contributed by atoms with van der Waals surface area (Å²) in [5.74, 6) is 0.574. The molecule has 1 aromatic rings. The number of hydrogen-bond donors (Lipinski definition) is 3. The number of aliphatic hydroxyl groups excluding tert-OH is 1. The quantitative estimate of drug-likeness (QED) is 0.727. The first-order valence-electron chi connectivity index (χ1n) is 5.69. The molecule has 0 unspecified atom stereocenters. The smallest absolute Gasteiger partial charge is 0.257 e. The van der Waals surface area contributed by atoms with E-state index in [1.54, 1.807) is 6.92 Å². The molecule has 2 rings (SSSR count). The van der Waals surface area contributed by atoms with Gasteiger partial charge in [-0.25, -0.2) is 18.1 Å². The first-order valence-corrected chi connectivity index (χ1v) is 7.18. The molecule has 1 saturated carbocycles. The van der Waals surface area contributed by atoms with Gasteiger partial charge < -0.3 is 10.1 Å². The predicted octanol–water partition coefficient (Wildman–Crippen LogP) is 0.300. The van der Waals surface area contributed by atoms with Crippen LogP contribution in [0.4, 0.5) is 0 Å². The molecule has 6 nitrogen and oxygen atoms in total. The summed E-state index contributed by atoms with van der Waals surface area (Å²) in [6, 6.07) is -0.0907. The van der Waals surface area contributed by atoms with E-state index in [1.807, 2.05) is 0 Å². The summed E-state index contributed by atoms with van der Waals surface area (Å²) in [6.07, 6.45) is 3.67. The topological polar surface area (TPSA) is 95.1 Å². The van der Waals surface area contributed by atoms with E-state index in [4.69, 9.17) is 0 Å². The monoisotopic (exact) mass is 259 g/mol. The molecule has 17 heavy (non-hydrogen) atoms. The standard InChI is InChI=1S/C10H17N3O3S/c1-7-11-6-10(12-7)17(15,16)13-8-2-4-9(14)5-3-8/h6,8-9,13-14H,2-5H2,1H3,(H,11,12). The Morgan fingerprint density at radius 2 is 2.06 bits per heavy atom. The van der Waals surface area contributed by atoms with E-state index >= 15 is 0 Å². The molecule has 0 amide bonds. The fraction of sp³-hybridized carbons (Fsp3) is 0.700. The van der Waals surface area contributed by atoms with Crippen molar-refractivity contribution in [3.63, 3.8) is 0 Å². The van der Waals surface area contributed by atoms with Crippen molar-refractivity contribution >= 4 is 10.0 Å². The molecule has 7 heteroatoms. The number of sulfonamides is 1. The maximum Gasteiger partial charge on any atom is 0.257 e. The van der Waals surface area contributed by atoms with Crippen LogP contribution in [0.15, 0.2) is 11.2 Å². The Labute approximate surface area is 101 Å². The van der Waals surface area contributed by atoms with Gasteiger partial charge in [0.1, 0.15) is 5.82 Å². The molecule has 0 aromatic carbocycles. The molecule has 1 aromatic heterocycles. The summed E-state index contributed by atoms with van der Waals surface area (Å²) >= 11 is 0. The zero-order valence-electron chi connectivity index (χ0n) is 9.68. The third kappa shape index (κ3) is 3.05. The maximum absolute atomic E-state index is 12.0. The van der Waals surface area contributed by atoms with E-state index in [0.717, 1.165) is 0 Å². The molecule has 3 N–H and O–H groups in total. The lowest BCUT2D eigenvalue weighted by Gasteiger charge is -2.25. The van der Waals surface area contributed by atoms with Gasteiger partial charge in [-0.1, -0.05) is 0 Å². The highest BCUT2D eigenvalue weighted by Crippen LogP contribution is 2.20.